The molecule has 16 atom stereocenters. The number of aromatic amines is 1. The third kappa shape index (κ3) is 33.4. The maximum absolute atomic E-state index is 15.0. The third-order valence-corrected chi connectivity index (χ3v) is 18.9. The number of rotatable bonds is 37. The molecule has 650 valence electrons. The molecule has 44 heteroatoms. The minimum absolute atomic E-state index is 0.00421. The number of carbonyl (C=O) groups is 20. The molecule has 117 heavy (non-hydrogen) atoms. The van der Waals surface area contributed by atoms with Gasteiger partial charge in [-0.05, 0) is 81.9 Å². The molecule has 15 amide bonds. The summed E-state index contributed by atoms with van der Waals surface area (Å²) in [5, 5.41) is 78.2. The Morgan fingerprint density at radius 3 is 1.84 bits per heavy atom. The summed E-state index contributed by atoms with van der Waals surface area (Å²) in [6.07, 6.45) is -6.11. The maximum atomic E-state index is 15.0. The number of carboxylic acids is 4. The predicted molar refractivity (Wildman–Crippen MR) is 408 cm³/mol. The molecule has 1 aliphatic heterocycles. The molecule has 0 radical (unpaired) electrons. The van der Waals surface area contributed by atoms with Crippen molar-refractivity contribution in [3.8, 4) is 0 Å². The van der Waals surface area contributed by atoms with Crippen molar-refractivity contribution in [2.75, 3.05) is 33.8 Å². The smallest absolute Gasteiger partial charge is 0.335 e. The Bertz CT molecular complexity index is 3890. The van der Waals surface area contributed by atoms with Crippen LogP contribution < -0.4 is 81.0 Å². The number of carbonyl (C=O) groups excluding carboxylic acids is 16. The second kappa shape index (κ2) is 49.1. The lowest BCUT2D eigenvalue weighted by atomic mass is 9.95. The standard InChI is InChI=1S/C73H111N17O27/c1-10-35(4)19-13-11-12-14-23-48(92)80-44(28-39-31-77-41-21-16-15-20-40(39)41)65(106)83-43(24-25-51(95)96)64(105)88-57(59(101)61(76)102)70(111)87-56-38(7)117-73(115)54(34(2)3)85-69(110)55(36(5)27-52(97)98)86-67(108)45(29-47(75)91)81-49(93)32-78-68(109)58(60(116-9)72(113)114)89-63(104)42(22-17-18-26-74)82-66(107)46(30-53(99)100)84-62(103)37(6)79-50(94)33-90(8)71(56)112/h15-16,20-21,31,34-38,42-46,54-60,77,101H,10-14,17-19,22-30,32-33,74H2,1-9H3,(H2,75,91)(H2,76,102)(H,78,109)(H,79,94)(H,80,92)(H,81,93)(H,82,107)(H,83,106)(H,84,103)(H,85,110)(H,86,108)(H,87,111)(H,88,105)(H,89,104)(H,95,96)(H,97,98)(H,99,100)(H,113,114)/t35?,36-,37+,38-,42-,43-,44+,45-,46+,54+,55+,56+,57+,58+,59-,60-/m1/s1. The van der Waals surface area contributed by atoms with Crippen LogP contribution in [0.1, 0.15) is 150 Å². The van der Waals surface area contributed by atoms with Crippen LogP contribution in [0, 0.1) is 17.8 Å². The number of aliphatic hydroxyl groups is 1. The SMILES string of the molecule is CCC(C)CCCCCCC(=O)N[C@@H](Cc1c[nH]c2ccccc12)C(=O)N[C@H](CCC(=O)O)C(=O)N[C@H](C(=O)N[C@@H]1C(=O)N(C)CC(=O)N[C@@H](C)C(=O)N[C@@H](CC(=O)O)C(=O)N[C@H](CCCCN)C(=O)N[C@@H]([C@@H](OC)C(=O)O)C(=O)NCC(=O)N[C@H](CC(N)=O)C(=O)N[C@@H]([C@H](C)CC(=O)O)C(=O)N[C@@H](C(C)C)C(=O)O[C@@H]1C)[C@@H](O)C(N)=O. The Hall–Kier alpha value is -12.0. The highest BCUT2D eigenvalue weighted by Crippen LogP contribution is 2.22. The molecule has 1 unspecified atom stereocenters. The molecule has 1 saturated heterocycles. The number of hydrogen-bond donors (Lipinski definition) is 21. The van der Waals surface area contributed by atoms with Crippen molar-refractivity contribution in [3.05, 3.63) is 36.0 Å². The molecule has 1 aromatic carbocycles. The van der Waals surface area contributed by atoms with Crippen LogP contribution in [0.2, 0.25) is 0 Å². The number of para-hydroxylation sites is 1. The quantitative estimate of drug-likeness (QED) is 0.0221. The molecule has 2 aromatic rings. The Kier molecular flexibility index (Phi) is 41.6. The van der Waals surface area contributed by atoms with Gasteiger partial charge in [-0.1, -0.05) is 84.9 Å². The van der Waals surface area contributed by atoms with Crippen LogP contribution in [-0.4, -0.2) is 272 Å². The lowest BCUT2D eigenvalue weighted by molar-refractivity contribution is -0.159. The van der Waals surface area contributed by atoms with E-state index in [1.807, 2.05) is 10.6 Å². The van der Waals surface area contributed by atoms with Crippen LogP contribution in [0.3, 0.4) is 0 Å². The van der Waals surface area contributed by atoms with Gasteiger partial charge in [-0.2, -0.15) is 0 Å². The third-order valence-electron chi connectivity index (χ3n) is 18.9. The number of aliphatic hydroxyl groups excluding tert-OH is 1. The van der Waals surface area contributed by atoms with E-state index in [-0.39, 0.29) is 38.6 Å². The summed E-state index contributed by atoms with van der Waals surface area (Å²) in [6.45, 7) is 7.54. The van der Waals surface area contributed by atoms with Gasteiger partial charge in [-0.15, -0.1) is 0 Å². The molecular formula is C73H111N17O27. The number of aromatic nitrogens is 1. The van der Waals surface area contributed by atoms with E-state index < -0.39 is 260 Å². The number of cyclic esters (lactones) is 1. The molecule has 2 heterocycles. The number of nitrogens with one attached hydrogen (secondary N) is 13. The van der Waals surface area contributed by atoms with Gasteiger partial charge in [0.2, 0.25) is 88.6 Å². The first-order valence-corrected chi connectivity index (χ1v) is 37.9. The summed E-state index contributed by atoms with van der Waals surface area (Å²) < 4.78 is 10.7. The number of benzene rings is 1. The number of H-pyrrole nitrogens is 1. The number of fused-ring (bicyclic) bond motifs is 1. The Morgan fingerprint density at radius 2 is 1.24 bits per heavy atom. The zero-order valence-corrected chi connectivity index (χ0v) is 66.5. The number of amides is 15. The Morgan fingerprint density at radius 1 is 0.632 bits per heavy atom. The van der Waals surface area contributed by atoms with Crippen LogP contribution in [0.15, 0.2) is 30.5 Å². The molecule has 0 saturated carbocycles. The summed E-state index contributed by atoms with van der Waals surface area (Å²) in [5.41, 5.74) is 17.8. The zero-order valence-electron chi connectivity index (χ0n) is 66.5. The van der Waals surface area contributed by atoms with Crippen LogP contribution in [0.25, 0.3) is 10.9 Å². The molecule has 1 fully saturated rings. The second-order valence-corrected chi connectivity index (χ2v) is 28.9. The lowest BCUT2D eigenvalue weighted by Crippen LogP contribution is -2.64. The van der Waals surface area contributed by atoms with Crippen molar-refractivity contribution in [2.45, 2.75) is 236 Å². The van der Waals surface area contributed by atoms with Crippen molar-refractivity contribution in [3.63, 3.8) is 0 Å². The van der Waals surface area contributed by atoms with Crippen LogP contribution in [0.4, 0.5) is 0 Å². The summed E-state index contributed by atoms with van der Waals surface area (Å²) in [6, 6.07) is -15.8. The number of esters is 1. The largest absolute Gasteiger partial charge is 0.481 e. The number of methoxy groups -OCH3 is 1. The molecule has 44 nitrogen and oxygen atoms in total. The van der Waals surface area contributed by atoms with E-state index in [1.165, 1.54) is 13.8 Å². The number of nitrogens with zero attached hydrogens (tertiary/aromatic N) is 1. The fourth-order valence-corrected chi connectivity index (χ4v) is 12.1. The first-order chi connectivity index (χ1) is 54.9. The van der Waals surface area contributed by atoms with E-state index in [4.69, 9.17) is 26.7 Å². The number of carboxylic acid groups (broad SMARTS) is 4. The fourth-order valence-electron chi connectivity index (χ4n) is 12.1. The van der Waals surface area contributed by atoms with Crippen molar-refractivity contribution in [1.82, 2.24) is 73.7 Å². The van der Waals surface area contributed by atoms with E-state index >= 15 is 0 Å². The van der Waals surface area contributed by atoms with Crippen LogP contribution >= 0.6 is 0 Å². The highest BCUT2D eigenvalue weighted by atomic mass is 16.5. The van der Waals surface area contributed by atoms with E-state index in [0.29, 0.717) is 40.1 Å². The first kappa shape index (κ1) is 99.2. The van der Waals surface area contributed by atoms with Gasteiger partial charge in [0.25, 0.3) is 0 Å². The second-order valence-electron chi connectivity index (χ2n) is 28.9. The summed E-state index contributed by atoms with van der Waals surface area (Å²) in [7, 11) is 1.69. The average Bonchev–Trinajstić information content (AvgIpc) is 1.55. The lowest BCUT2D eigenvalue weighted by Gasteiger charge is -2.32. The van der Waals surface area contributed by atoms with Gasteiger partial charge in [0.15, 0.2) is 12.2 Å². The number of aliphatic carboxylic acids is 4. The monoisotopic (exact) mass is 1660 g/mol. The topological polar surface area (TPSA) is 702 Å². The molecule has 0 aliphatic carbocycles. The number of nitrogens with two attached hydrogens (primary N) is 3. The number of unbranched alkanes of at least 4 members (excludes halogenated alkanes) is 4. The highest BCUT2D eigenvalue weighted by Gasteiger charge is 2.44. The molecule has 24 N–H and O–H groups in total. The summed E-state index contributed by atoms with van der Waals surface area (Å²) >= 11 is 0. The van der Waals surface area contributed by atoms with Gasteiger partial charge in [0.05, 0.1) is 32.4 Å². The average molecular weight is 1660 g/mol. The Balaban J connectivity index is 2.28. The van der Waals surface area contributed by atoms with Gasteiger partial charge in [0.1, 0.15) is 72.6 Å². The minimum Gasteiger partial charge on any atom is -0.481 e. The van der Waals surface area contributed by atoms with Gasteiger partial charge < -0.3 is 126 Å². The minimum atomic E-state index is -2.80. The van der Waals surface area contributed by atoms with E-state index in [0.717, 1.165) is 60.6 Å². The van der Waals surface area contributed by atoms with Gasteiger partial charge >= 0.3 is 29.8 Å². The van der Waals surface area contributed by atoms with Gasteiger partial charge in [-0.25, -0.2) is 9.59 Å². The highest BCUT2D eigenvalue weighted by molar-refractivity contribution is 6.03. The number of hydrogen-bond acceptors (Lipinski definition) is 24. The van der Waals surface area contributed by atoms with Gasteiger partial charge in [0, 0.05) is 50.5 Å². The molecule has 0 spiro atoms. The summed E-state index contributed by atoms with van der Waals surface area (Å²) in [4.78, 5) is 278. The zero-order chi connectivity index (χ0) is 88.2. The normalized spacial score (nSPS) is 22.1. The first-order valence-electron chi connectivity index (χ1n) is 37.9. The van der Waals surface area contributed by atoms with Crippen molar-refractivity contribution < 1.29 is 131 Å². The van der Waals surface area contributed by atoms with E-state index in [9.17, 15) is 121 Å². The molecular weight excluding hydrogens is 1550 g/mol. The molecule has 0 bridgehead atoms. The van der Waals surface area contributed by atoms with Crippen molar-refractivity contribution in [1.29, 1.82) is 0 Å². The van der Waals surface area contributed by atoms with E-state index in [1.54, 1.807) is 30.5 Å². The predicted octanol–water partition coefficient (Wildman–Crippen LogP) is -5.97. The van der Waals surface area contributed by atoms with Gasteiger partial charge in [-0.3, -0.25) is 86.3 Å². The number of ether oxygens (including phenoxy) is 2. The van der Waals surface area contributed by atoms with Crippen molar-refractivity contribution in [2.24, 2.45) is 35.0 Å². The number of primary amides is 2. The summed E-state index contributed by atoms with van der Waals surface area (Å²) in [5.74, 6) is -30.6. The number of likely N-dealkylation sites (N-methyl/N-ethyl adjacent to an activating group) is 1. The Labute approximate surface area is 672 Å². The van der Waals surface area contributed by atoms with Crippen molar-refractivity contribution >= 4 is 129 Å². The molecule has 1 aromatic heterocycles. The van der Waals surface area contributed by atoms with E-state index in [2.05, 4.69) is 72.0 Å². The van der Waals surface area contributed by atoms with Crippen LogP contribution in [-0.2, 0) is 112 Å². The maximum Gasteiger partial charge on any atom is 0.335 e. The fraction of sp³-hybridized carbons (Fsp3) is 0.616. The molecule has 1 aliphatic rings. The molecule has 3 rings (SSSR count). The van der Waals surface area contributed by atoms with Crippen LogP contribution in [0.5, 0.6) is 0 Å².